The molecule has 9 nitrogen and oxygen atoms in total. The molecule has 2 aliphatic rings. The summed E-state index contributed by atoms with van der Waals surface area (Å²) in [5, 5.41) is 9.18. The van der Waals surface area contributed by atoms with E-state index in [1.807, 2.05) is 0 Å². The molecule has 1 unspecified atom stereocenters. The predicted molar refractivity (Wildman–Crippen MR) is 114 cm³/mol. The fourth-order valence-corrected chi connectivity index (χ4v) is 3.65. The van der Waals surface area contributed by atoms with Crippen molar-refractivity contribution in [2.75, 3.05) is 50.1 Å². The molecule has 4 heterocycles. The maximum absolute atomic E-state index is 14.5. The van der Waals surface area contributed by atoms with E-state index in [9.17, 15) is 9.18 Å². The maximum Gasteiger partial charge on any atom is 0.255 e. The van der Waals surface area contributed by atoms with E-state index in [2.05, 4.69) is 30.9 Å². The molecule has 0 saturated carbocycles. The Bertz CT molecular complexity index is 922. The summed E-state index contributed by atoms with van der Waals surface area (Å²) in [6.07, 6.45) is 4.00. The Morgan fingerprint density at radius 2 is 2.06 bits per heavy atom. The van der Waals surface area contributed by atoms with Crippen LogP contribution >= 0.6 is 11.6 Å². The SMILES string of the molecule is O=C(Nc1cc(-c2nc(NCC3CCOCC3)cnc2F)c(Cl)cn1)C1CNCCO1. The van der Waals surface area contributed by atoms with Crippen LogP contribution in [0.4, 0.5) is 16.0 Å². The molecule has 0 radical (unpaired) electrons. The highest BCUT2D eigenvalue weighted by Crippen LogP contribution is 2.30. The molecule has 3 N–H and O–H groups in total. The summed E-state index contributed by atoms with van der Waals surface area (Å²) in [5.41, 5.74) is 0.268. The van der Waals surface area contributed by atoms with E-state index in [0.717, 1.165) is 26.1 Å². The Morgan fingerprint density at radius 3 is 2.84 bits per heavy atom. The average Bonchev–Trinajstić information content (AvgIpc) is 2.81. The normalized spacial score (nSPS) is 19.7. The van der Waals surface area contributed by atoms with E-state index in [-0.39, 0.29) is 28.0 Å². The number of aromatic nitrogens is 3. The first kappa shape index (κ1) is 21.8. The Kier molecular flexibility index (Phi) is 7.23. The molecule has 31 heavy (non-hydrogen) atoms. The van der Waals surface area contributed by atoms with Crippen LogP contribution in [0.5, 0.6) is 0 Å². The van der Waals surface area contributed by atoms with Crippen LogP contribution in [0.2, 0.25) is 5.02 Å². The Labute approximate surface area is 184 Å². The minimum absolute atomic E-state index is 0.0181. The van der Waals surface area contributed by atoms with Crippen LogP contribution in [0.15, 0.2) is 18.5 Å². The molecule has 2 aliphatic heterocycles. The lowest BCUT2D eigenvalue weighted by Gasteiger charge is -2.22. The molecule has 0 bridgehead atoms. The van der Waals surface area contributed by atoms with Crippen molar-refractivity contribution in [1.82, 2.24) is 20.3 Å². The van der Waals surface area contributed by atoms with Crippen LogP contribution in [-0.4, -0.2) is 66.4 Å². The lowest BCUT2D eigenvalue weighted by molar-refractivity contribution is -0.128. The van der Waals surface area contributed by atoms with Gasteiger partial charge in [-0.15, -0.1) is 0 Å². The van der Waals surface area contributed by atoms with Gasteiger partial charge in [-0.3, -0.25) is 4.79 Å². The first-order valence-electron chi connectivity index (χ1n) is 10.2. The number of carbonyl (C=O) groups is 1. The van der Waals surface area contributed by atoms with Crippen molar-refractivity contribution < 1.29 is 18.7 Å². The van der Waals surface area contributed by atoms with Gasteiger partial charge in [-0.05, 0) is 24.8 Å². The third kappa shape index (κ3) is 5.65. The molecular formula is C20H24ClFN6O3. The first-order chi connectivity index (χ1) is 15.1. The van der Waals surface area contributed by atoms with Crippen molar-refractivity contribution in [3.05, 3.63) is 29.4 Å². The molecule has 1 atom stereocenters. The molecule has 166 valence electrons. The fraction of sp³-hybridized carbons (Fsp3) is 0.500. The molecule has 11 heteroatoms. The van der Waals surface area contributed by atoms with E-state index in [1.54, 1.807) is 0 Å². The van der Waals surface area contributed by atoms with Crippen molar-refractivity contribution >= 4 is 29.1 Å². The van der Waals surface area contributed by atoms with Crippen LogP contribution in [0.3, 0.4) is 0 Å². The van der Waals surface area contributed by atoms with Crippen LogP contribution in [-0.2, 0) is 14.3 Å². The second kappa shape index (κ2) is 10.3. The van der Waals surface area contributed by atoms with Gasteiger partial charge in [0.05, 0.1) is 17.8 Å². The van der Waals surface area contributed by atoms with E-state index in [1.165, 1.54) is 18.5 Å². The van der Waals surface area contributed by atoms with Crippen molar-refractivity contribution in [2.24, 2.45) is 5.92 Å². The zero-order valence-electron chi connectivity index (χ0n) is 16.9. The van der Waals surface area contributed by atoms with Gasteiger partial charge in [-0.2, -0.15) is 4.39 Å². The number of hydrogen-bond acceptors (Lipinski definition) is 8. The van der Waals surface area contributed by atoms with Gasteiger partial charge in [0.1, 0.15) is 23.4 Å². The van der Waals surface area contributed by atoms with E-state index in [0.29, 0.717) is 38.0 Å². The first-order valence-corrected chi connectivity index (χ1v) is 10.6. The lowest BCUT2D eigenvalue weighted by atomic mass is 10.0. The number of ether oxygens (including phenoxy) is 2. The van der Waals surface area contributed by atoms with E-state index < -0.39 is 12.1 Å². The number of morpholine rings is 1. The monoisotopic (exact) mass is 450 g/mol. The molecule has 2 saturated heterocycles. The Balaban J connectivity index is 1.49. The van der Waals surface area contributed by atoms with Gasteiger partial charge in [-0.1, -0.05) is 11.6 Å². The highest BCUT2D eigenvalue weighted by Gasteiger charge is 2.23. The van der Waals surface area contributed by atoms with E-state index in [4.69, 9.17) is 21.1 Å². The summed E-state index contributed by atoms with van der Waals surface area (Å²) in [5.74, 6) is 0.0310. The maximum atomic E-state index is 14.5. The molecule has 0 aromatic carbocycles. The highest BCUT2D eigenvalue weighted by atomic mass is 35.5. The van der Waals surface area contributed by atoms with Gasteiger partial charge in [0.2, 0.25) is 5.95 Å². The molecule has 2 fully saturated rings. The third-order valence-corrected chi connectivity index (χ3v) is 5.52. The summed E-state index contributed by atoms with van der Waals surface area (Å²) in [7, 11) is 0. The van der Waals surface area contributed by atoms with Gasteiger partial charge >= 0.3 is 0 Å². The average molecular weight is 451 g/mol. The van der Waals surface area contributed by atoms with Crippen molar-refractivity contribution in [2.45, 2.75) is 18.9 Å². The molecular weight excluding hydrogens is 427 g/mol. The van der Waals surface area contributed by atoms with Crippen molar-refractivity contribution in [1.29, 1.82) is 0 Å². The molecule has 0 aliphatic carbocycles. The highest BCUT2D eigenvalue weighted by molar-refractivity contribution is 6.33. The van der Waals surface area contributed by atoms with E-state index >= 15 is 0 Å². The minimum atomic E-state index is -0.762. The number of pyridine rings is 1. The number of anilines is 2. The number of nitrogens with zero attached hydrogens (tertiary/aromatic N) is 3. The summed E-state index contributed by atoms with van der Waals surface area (Å²) in [6.45, 7) is 3.75. The van der Waals surface area contributed by atoms with Gasteiger partial charge in [-0.25, -0.2) is 15.0 Å². The van der Waals surface area contributed by atoms with Crippen LogP contribution < -0.4 is 16.0 Å². The number of halogens is 2. The third-order valence-electron chi connectivity index (χ3n) is 5.22. The van der Waals surface area contributed by atoms with Gasteiger partial charge in [0.15, 0.2) is 0 Å². The summed E-state index contributed by atoms with van der Waals surface area (Å²) in [6, 6.07) is 1.48. The molecule has 2 aromatic heterocycles. The fourth-order valence-electron chi connectivity index (χ4n) is 3.46. The largest absolute Gasteiger partial charge is 0.381 e. The lowest BCUT2D eigenvalue weighted by Crippen LogP contribution is -2.45. The molecule has 1 amide bonds. The second-order valence-electron chi connectivity index (χ2n) is 7.43. The minimum Gasteiger partial charge on any atom is -0.381 e. The smallest absolute Gasteiger partial charge is 0.255 e. The van der Waals surface area contributed by atoms with Gasteiger partial charge in [0.25, 0.3) is 5.91 Å². The topological polar surface area (TPSA) is 110 Å². The molecule has 0 spiro atoms. The molecule has 2 aromatic rings. The quantitative estimate of drug-likeness (QED) is 0.613. The van der Waals surface area contributed by atoms with Crippen LogP contribution in [0, 0.1) is 11.9 Å². The number of hydrogen-bond donors (Lipinski definition) is 3. The molecule has 4 rings (SSSR count). The Morgan fingerprint density at radius 1 is 1.23 bits per heavy atom. The second-order valence-corrected chi connectivity index (χ2v) is 7.84. The summed E-state index contributed by atoms with van der Waals surface area (Å²) < 4.78 is 25.3. The number of nitrogens with one attached hydrogen (secondary N) is 3. The zero-order chi connectivity index (χ0) is 21.6. The number of carbonyl (C=O) groups excluding carboxylic acids is 1. The standard InChI is InChI=1S/C20H24ClFN6O3/c21-14-9-25-16(28-20(29)15-10-23-3-6-31-15)7-13(14)18-19(22)26-11-17(27-18)24-8-12-1-4-30-5-2-12/h7,9,11-12,15,23H,1-6,8,10H2,(H,24,27)(H,25,28,29). The summed E-state index contributed by atoms with van der Waals surface area (Å²) >= 11 is 6.26. The van der Waals surface area contributed by atoms with Crippen LogP contribution in [0.1, 0.15) is 12.8 Å². The van der Waals surface area contributed by atoms with Gasteiger partial charge in [0, 0.05) is 44.6 Å². The number of amides is 1. The van der Waals surface area contributed by atoms with Crippen molar-refractivity contribution in [3.8, 4) is 11.3 Å². The van der Waals surface area contributed by atoms with Gasteiger partial charge < -0.3 is 25.4 Å². The predicted octanol–water partition coefficient (Wildman–Crippen LogP) is 2.10. The van der Waals surface area contributed by atoms with Crippen molar-refractivity contribution in [3.63, 3.8) is 0 Å². The summed E-state index contributed by atoms with van der Waals surface area (Å²) in [4.78, 5) is 24.7. The van der Waals surface area contributed by atoms with Crippen LogP contribution in [0.25, 0.3) is 11.3 Å². The number of rotatable bonds is 6. The zero-order valence-corrected chi connectivity index (χ0v) is 17.6. The Hall–Kier alpha value is -2.40.